The van der Waals surface area contributed by atoms with Gasteiger partial charge in [-0.3, -0.25) is 9.59 Å². The molecule has 0 spiro atoms. The third-order valence-corrected chi connectivity index (χ3v) is 6.25. The fourth-order valence-corrected chi connectivity index (χ4v) is 4.77. The quantitative estimate of drug-likeness (QED) is 0.432. The molecule has 0 aliphatic carbocycles. The summed E-state index contributed by atoms with van der Waals surface area (Å²) in [4.78, 5) is 26.2. The second kappa shape index (κ2) is 7.24. The van der Waals surface area contributed by atoms with Gasteiger partial charge in [0.25, 0.3) is 0 Å². The van der Waals surface area contributed by atoms with Gasteiger partial charge in [0.05, 0.1) is 22.9 Å². The summed E-state index contributed by atoms with van der Waals surface area (Å²) in [7, 11) is 0. The van der Waals surface area contributed by atoms with E-state index in [1.165, 1.54) is 11.8 Å². The minimum absolute atomic E-state index is 0.0898. The molecular formula is C27H20N2O3. The molecule has 156 valence electrons. The van der Waals surface area contributed by atoms with E-state index in [0.29, 0.717) is 23.1 Å². The standard InChI is InChI=1S/C27H20N2O3/c30-25-13-19(21-16-32-24-12-5-4-9-18(24)27(21)31)20-15-29(14-17-7-2-1-3-8-17)23-11-6-10-22(28-25)26(20)23/h1-12,15-16,19H,13-14H2,(H,28,30)/t19-/m0/s1. The predicted octanol–water partition coefficient (Wildman–Crippen LogP) is 5.27. The number of para-hydroxylation sites is 1. The number of amides is 1. The zero-order valence-corrected chi connectivity index (χ0v) is 17.2. The molecule has 6 rings (SSSR count). The van der Waals surface area contributed by atoms with Crippen molar-refractivity contribution in [1.82, 2.24) is 4.57 Å². The molecule has 1 aliphatic heterocycles. The van der Waals surface area contributed by atoms with E-state index in [1.807, 2.05) is 42.5 Å². The number of aromatic nitrogens is 1. The van der Waals surface area contributed by atoms with Gasteiger partial charge in [-0.1, -0.05) is 48.5 Å². The fourth-order valence-electron chi connectivity index (χ4n) is 4.77. The molecule has 5 aromatic rings. The van der Waals surface area contributed by atoms with E-state index in [1.54, 1.807) is 12.1 Å². The van der Waals surface area contributed by atoms with Gasteiger partial charge in [-0.2, -0.15) is 0 Å². The summed E-state index contributed by atoms with van der Waals surface area (Å²) in [6.45, 7) is 0.702. The molecule has 32 heavy (non-hydrogen) atoms. The molecule has 0 saturated heterocycles. The molecule has 5 heteroatoms. The summed E-state index contributed by atoms with van der Waals surface area (Å²) in [5.74, 6) is -0.500. The van der Waals surface area contributed by atoms with Gasteiger partial charge in [-0.15, -0.1) is 0 Å². The molecule has 0 bridgehead atoms. The largest absolute Gasteiger partial charge is 0.464 e. The van der Waals surface area contributed by atoms with E-state index >= 15 is 0 Å². The zero-order valence-electron chi connectivity index (χ0n) is 17.2. The third kappa shape index (κ3) is 2.94. The van der Waals surface area contributed by atoms with Gasteiger partial charge in [-0.25, -0.2) is 0 Å². The van der Waals surface area contributed by atoms with E-state index in [-0.39, 0.29) is 23.7 Å². The van der Waals surface area contributed by atoms with E-state index in [9.17, 15) is 9.59 Å². The molecule has 0 saturated carbocycles. The smallest absolute Gasteiger partial charge is 0.225 e. The minimum atomic E-state index is -0.390. The number of nitrogens with one attached hydrogen (secondary N) is 1. The first kappa shape index (κ1) is 18.6. The van der Waals surface area contributed by atoms with Crippen molar-refractivity contribution in [3.05, 3.63) is 112 Å². The first-order valence-corrected chi connectivity index (χ1v) is 10.6. The first-order chi connectivity index (χ1) is 15.7. The number of carbonyl (C=O) groups is 1. The number of hydrogen-bond acceptors (Lipinski definition) is 3. The Kier molecular flexibility index (Phi) is 4.21. The van der Waals surface area contributed by atoms with Crippen LogP contribution in [0.15, 0.2) is 94.5 Å². The number of anilines is 1. The Hall–Kier alpha value is -4.12. The lowest BCUT2D eigenvalue weighted by Crippen LogP contribution is -2.19. The van der Waals surface area contributed by atoms with Crippen LogP contribution in [-0.2, 0) is 11.3 Å². The van der Waals surface area contributed by atoms with Gasteiger partial charge in [0, 0.05) is 36.0 Å². The van der Waals surface area contributed by atoms with Crippen molar-refractivity contribution in [3.8, 4) is 0 Å². The third-order valence-electron chi connectivity index (χ3n) is 6.25. The lowest BCUT2D eigenvalue weighted by Gasteiger charge is -2.13. The van der Waals surface area contributed by atoms with Gasteiger partial charge >= 0.3 is 0 Å². The molecule has 0 unspecified atom stereocenters. The second-order valence-electron chi connectivity index (χ2n) is 8.22. The van der Waals surface area contributed by atoms with Crippen LogP contribution in [0, 0.1) is 0 Å². The Morgan fingerprint density at radius 2 is 1.72 bits per heavy atom. The van der Waals surface area contributed by atoms with Crippen LogP contribution >= 0.6 is 0 Å². The molecule has 1 N–H and O–H groups in total. The molecular weight excluding hydrogens is 400 g/mol. The van der Waals surface area contributed by atoms with Crippen molar-refractivity contribution in [2.24, 2.45) is 0 Å². The Morgan fingerprint density at radius 3 is 2.59 bits per heavy atom. The molecule has 1 aliphatic rings. The van der Waals surface area contributed by atoms with Crippen molar-refractivity contribution in [2.75, 3.05) is 5.32 Å². The predicted molar refractivity (Wildman–Crippen MR) is 125 cm³/mol. The van der Waals surface area contributed by atoms with Crippen molar-refractivity contribution in [2.45, 2.75) is 18.9 Å². The topological polar surface area (TPSA) is 64.2 Å². The van der Waals surface area contributed by atoms with Crippen LogP contribution in [0.1, 0.15) is 29.0 Å². The number of nitrogens with zero attached hydrogens (tertiary/aromatic N) is 1. The molecule has 3 heterocycles. The summed E-state index contributed by atoms with van der Waals surface area (Å²) in [6, 6.07) is 23.4. The van der Waals surface area contributed by atoms with Crippen LogP contribution in [0.25, 0.3) is 21.9 Å². The summed E-state index contributed by atoms with van der Waals surface area (Å²) in [5, 5.41) is 4.54. The number of fused-ring (bicyclic) bond motifs is 1. The number of benzene rings is 3. The van der Waals surface area contributed by atoms with Crippen molar-refractivity contribution >= 4 is 33.5 Å². The highest BCUT2D eigenvalue weighted by atomic mass is 16.3. The van der Waals surface area contributed by atoms with Gasteiger partial charge in [-0.05, 0) is 35.4 Å². The van der Waals surface area contributed by atoms with Gasteiger partial charge in [0.15, 0.2) is 5.43 Å². The normalized spacial score (nSPS) is 15.6. The molecule has 0 fully saturated rings. The van der Waals surface area contributed by atoms with E-state index in [0.717, 1.165) is 22.2 Å². The Bertz CT molecular complexity index is 1550. The maximum Gasteiger partial charge on any atom is 0.225 e. The minimum Gasteiger partial charge on any atom is -0.464 e. The second-order valence-corrected chi connectivity index (χ2v) is 8.22. The molecule has 1 amide bonds. The van der Waals surface area contributed by atoms with Crippen molar-refractivity contribution < 1.29 is 9.21 Å². The summed E-state index contributed by atoms with van der Waals surface area (Å²) in [6.07, 6.45) is 3.79. The van der Waals surface area contributed by atoms with E-state index < -0.39 is 0 Å². The van der Waals surface area contributed by atoms with E-state index in [2.05, 4.69) is 34.3 Å². The molecule has 2 aromatic heterocycles. The van der Waals surface area contributed by atoms with Gasteiger partial charge < -0.3 is 14.3 Å². The molecule has 1 atom stereocenters. The summed E-state index contributed by atoms with van der Waals surface area (Å²) >= 11 is 0. The highest BCUT2D eigenvalue weighted by Crippen LogP contribution is 2.40. The Morgan fingerprint density at radius 1 is 0.906 bits per heavy atom. The van der Waals surface area contributed by atoms with Crippen LogP contribution in [0.5, 0.6) is 0 Å². The Labute approximate surface area is 183 Å². The Balaban J connectivity index is 1.58. The number of carbonyl (C=O) groups excluding carboxylic acids is 1. The summed E-state index contributed by atoms with van der Waals surface area (Å²) in [5.41, 5.74) is 4.92. The SMILES string of the molecule is O=C1C[C@H](c2coc3ccccc3c2=O)c2cn(Cc3ccccc3)c3cccc(c23)N1. The number of hydrogen-bond donors (Lipinski definition) is 1. The lowest BCUT2D eigenvalue weighted by atomic mass is 9.89. The van der Waals surface area contributed by atoms with Crippen LogP contribution in [0.2, 0.25) is 0 Å². The van der Waals surface area contributed by atoms with Crippen LogP contribution in [-0.4, -0.2) is 10.5 Å². The average molecular weight is 420 g/mol. The maximum absolute atomic E-state index is 13.4. The highest BCUT2D eigenvalue weighted by molar-refractivity contribution is 6.06. The highest BCUT2D eigenvalue weighted by Gasteiger charge is 2.30. The lowest BCUT2D eigenvalue weighted by molar-refractivity contribution is -0.116. The molecule has 3 aromatic carbocycles. The molecule has 5 nitrogen and oxygen atoms in total. The van der Waals surface area contributed by atoms with Crippen LogP contribution < -0.4 is 10.7 Å². The van der Waals surface area contributed by atoms with Gasteiger partial charge in [0.2, 0.25) is 5.91 Å². The number of rotatable bonds is 3. The summed E-state index contributed by atoms with van der Waals surface area (Å²) < 4.78 is 7.99. The monoisotopic (exact) mass is 420 g/mol. The van der Waals surface area contributed by atoms with Crippen LogP contribution in [0.4, 0.5) is 5.69 Å². The fraction of sp³-hybridized carbons (Fsp3) is 0.111. The average Bonchev–Trinajstić information content (AvgIpc) is 3.11. The molecule has 0 radical (unpaired) electrons. The van der Waals surface area contributed by atoms with Gasteiger partial charge in [0.1, 0.15) is 5.58 Å². The van der Waals surface area contributed by atoms with E-state index in [4.69, 9.17) is 4.42 Å². The van der Waals surface area contributed by atoms with Crippen molar-refractivity contribution in [1.29, 1.82) is 0 Å². The van der Waals surface area contributed by atoms with Crippen molar-refractivity contribution in [3.63, 3.8) is 0 Å². The zero-order chi connectivity index (χ0) is 21.7. The maximum atomic E-state index is 13.4. The first-order valence-electron chi connectivity index (χ1n) is 10.6. The van der Waals surface area contributed by atoms with Crippen LogP contribution in [0.3, 0.4) is 0 Å².